The van der Waals surface area contributed by atoms with Gasteiger partial charge in [0.05, 0.1) is 11.1 Å². The molecule has 0 aliphatic rings. The van der Waals surface area contributed by atoms with E-state index in [0.717, 1.165) is 12.1 Å². The second-order valence-corrected chi connectivity index (χ2v) is 9.49. The number of nitro benzene ring substituents is 1. The van der Waals surface area contributed by atoms with Gasteiger partial charge in [-0.25, -0.2) is 5.43 Å². The summed E-state index contributed by atoms with van der Waals surface area (Å²) < 4.78 is 30.4. The van der Waals surface area contributed by atoms with E-state index in [1.54, 1.807) is 66.7 Å². The standard InChI is InChI=1S/C27H21N3O7S/c31-26(27(32,21-11-3-1-4-12-21)22-13-5-2-6-14-22)29-28-19-20-10-9-15-23(18-20)37-38(35,36)25-17-8-7-16-24(25)30(33)34/h1-19,32H,(H,29,31)/b28-19-. The number of benzene rings is 4. The maximum Gasteiger partial charge on any atom is 0.346 e. The lowest BCUT2D eigenvalue weighted by Gasteiger charge is -2.27. The summed E-state index contributed by atoms with van der Waals surface area (Å²) in [6.45, 7) is 0. The van der Waals surface area contributed by atoms with Gasteiger partial charge in [-0.2, -0.15) is 13.5 Å². The Labute approximate surface area is 218 Å². The van der Waals surface area contributed by atoms with Crippen LogP contribution in [0, 0.1) is 10.1 Å². The number of rotatable bonds is 9. The fourth-order valence-electron chi connectivity index (χ4n) is 3.67. The fourth-order valence-corrected chi connectivity index (χ4v) is 4.76. The van der Waals surface area contributed by atoms with Gasteiger partial charge in [-0.1, -0.05) is 84.9 Å². The van der Waals surface area contributed by atoms with Crippen molar-refractivity contribution in [2.75, 3.05) is 0 Å². The molecule has 192 valence electrons. The minimum Gasteiger partial charge on any atom is -0.379 e. The van der Waals surface area contributed by atoms with Gasteiger partial charge in [-0.05, 0) is 34.9 Å². The first-order valence-corrected chi connectivity index (χ1v) is 12.6. The molecule has 38 heavy (non-hydrogen) atoms. The summed E-state index contributed by atoms with van der Waals surface area (Å²) in [5.74, 6) is -0.930. The highest BCUT2D eigenvalue weighted by Crippen LogP contribution is 2.30. The molecule has 0 aromatic heterocycles. The molecule has 0 aliphatic heterocycles. The third kappa shape index (κ3) is 5.59. The second-order valence-electron chi connectivity index (χ2n) is 7.98. The third-order valence-corrected chi connectivity index (χ3v) is 6.78. The number of carbonyl (C=O) groups is 1. The van der Waals surface area contributed by atoms with Gasteiger partial charge in [-0.15, -0.1) is 0 Å². The first-order chi connectivity index (χ1) is 18.2. The molecule has 4 aromatic rings. The molecule has 0 saturated carbocycles. The van der Waals surface area contributed by atoms with Crippen LogP contribution in [-0.2, 0) is 20.5 Å². The summed E-state index contributed by atoms with van der Waals surface area (Å²) in [7, 11) is -4.51. The zero-order valence-corrected chi connectivity index (χ0v) is 20.5. The lowest BCUT2D eigenvalue weighted by Crippen LogP contribution is -2.43. The Balaban J connectivity index is 1.54. The van der Waals surface area contributed by atoms with Crippen LogP contribution in [0.5, 0.6) is 5.75 Å². The molecule has 4 rings (SSSR count). The lowest BCUT2D eigenvalue weighted by atomic mass is 9.85. The summed E-state index contributed by atoms with van der Waals surface area (Å²) in [5.41, 5.74) is 0.725. The molecule has 2 N–H and O–H groups in total. The van der Waals surface area contributed by atoms with Gasteiger partial charge in [0.1, 0.15) is 5.75 Å². The SMILES string of the molecule is O=C(N/N=C\c1cccc(OS(=O)(=O)c2ccccc2[N+](=O)[O-])c1)C(O)(c1ccccc1)c1ccccc1. The zero-order valence-electron chi connectivity index (χ0n) is 19.7. The van der Waals surface area contributed by atoms with Gasteiger partial charge in [-0.3, -0.25) is 14.9 Å². The average molecular weight is 532 g/mol. The number of nitrogens with one attached hydrogen (secondary N) is 1. The fraction of sp³-hybridized carbons (Fsp3) is 0.0370. The quantitative estimate of drug-likeness (QED) is 0.145. The van der Waals surface area contributed by atoms with E-state index in [4.69, 9.17) is 4.18 Å². The van der Waals surface area contributed by atoms with E-state index in [0.29, 0.717) is 16.7 Å². The Morgan fingerprint density at radius 3 is 2.08 bits per heavy atom. The average Bonchev–Trinajstić information content (AvgIpc) is 2.93. The molecule has 10 nitrogen and oxygen atoms in total. The van der Waals surface area contributed by atoms with Crippen molar-refractivity contribution in [3.63, 3.8) is 0 Å². The number of hydrogen-bond donors (Lipinski definition) is 2. The van der Waals surface area contributed by atoms with Crippen LogP contribution < -0.4 is 9.61 Å². The van der Waals surface area contributed by atoms with E-state index in [1.807, 2.05) is 0 Å². The van der Waals surface area contributed by atoms with E-state index in [-0.39, 0.29) is 5.75 Å². The number of nitro groups is 1. The predicted molar refractivity (Wildman–Crippen MR) is 139 cm³/mol. The van der Waals surface area contributed by atoms with E-state index in [9.17, 15) is 28.4 Å². The molecule has 0 spiro atoms. The minimum absolute atomic E-state index is 0.122. The molecule has 0 unspecified atom stereocenters. The van der Waals surface area contributed by atoms with Crippen LogP contribution in [0.2, 0.25) is 0 Å². The summed E-state index contributed by atoms with van der Waals surface area (Å²) >= 11 is 0. The van der Waals surface area contributed by atoms with Crippen molar-refractivity contribution in [3.05, 3.63) is 136 Å². The predicted octanol–water partition coefficient (Wildman–Crippen LogP) is 3.75. The van der Waals surface area contributed by atoms with Gasteiger partial charge in [0.2, 0.25) is 0 Å². The van der Waals surface area contributed by atoms with Crippen LogP contribution in [0.25, 0.3) is 0 Å². The minimum atomic E-state index is -4.51. The molecule has 0 fully saturated rings. The molecular weight excluding hydrogens is 510 g/mol. The van der Waals surface area contributed by atoms with Crippen LogP contribution >= 0.6 is 0 Å². The molecule has 11 heteroatoms. The van der Waals surface area contributed by atoms with Crippen LogP contribution in [0.4, 0.5) is 5.69 Å². The first-order valence-electron chi connectivity index (χ1n) is 11.2. The van der Waals surface area contributed by atoms with Crippen molar-refractivity contribution in [2.45, 2.75) is 10.5 Å². The summed E-state index contributed by atoms with van der Waals surface area (Å²) in [6.07, 6.45) is 1.23. The Morgan fingerprint density at radius 1 is 0.895 bits per heavy atom. The molecule has 0 atom stereocenters. The first kappa shape index (κ1) is 26.2. The highest BCUT2D eigenvalue weighted by atomic mass is 32.2. The largest absolute Gasteiger partial charge is 0.379 e. The third-order valence-electron chi connectivity index (χ3n) is 5.49. The molecule has 0 saturated heterocycles. The smallest absolute Gasteiger partial charge is 0.346 e. The molecule has 0 heterocycles. The highest BCUT2D eigenvalue weighted by molar-refractivity contribution is 7.87. The molecule has 0 aliphatic carbocycles. The van der Waals surface area contributed by atoms with Gasteiger partial charge in [0.15, 0.2) is 10.5 Å². The van der Waals surface area contributed by atoms with Crippen molar-refractivity contribution in [1.29, 1.82) is 0 Å². The Kier molecular flexibility index (Phi) is 7.61. The number of hydrogen-bond acceptors (Lipinski definition) is 8. The van der Waals surface area contributed by atoms with Gasteiger partial charge in [0.25, 0.3) is 11.6 Å². The Bertz CT molecular complexity index is 1550. The van der Waals surface area contributed by atoms with E-state index < -0.39 is 37.1 Å². The van der Waals surface area contributed by atoms with Crippen LogP contribution in [0.15, 0.2) is 119 Å². The van der Waals surface area contributed by atoms with Gasteiger partial charge >= 0.3 is 10.1 Å². The summed E-state index contributed by atoms with van der Waals surface area (Å²) in [5, 5.41) is 26.6. The van der Waals surface area contributed by atoms with Crippen molar-refractivity contribution in [2.24, 2.45) is 5.10 Å². The summed E-state index contributed by atoms with van der Waals surface area (Å²) in [4.78, 5) is 22.9. The number of para-hydroxylation sites is 1. The zero-order chi connectivity index (χ0) is 27.2. The highest BCUT2D eigenvalue weighted by Gasteiger charge is 2.39. The van der Waals surface area contributed by atoms with E-state index >= 15 is 0 Å². The van der Waals surface area contributed by atoms with Crippen LogP contribution in [0.1, 0.15) is 16.7 Å². The molecule has 0 bridgehead atoms. The molecule has 4 aromatic carbocycles. The van der Waals surface area contributed by atoms with Crippen molar-refractivity contribution < 1.29 is 27.4 Å². The monoisotopic (exact) mass is 531 g/mol. The van der Waals surface area contributed by atoms with Gasteiger partial charge in [0, 0.05) is 6.07 Å². The maximum atomic E-state index is 13.1. The summed E-state index contributed by atoms with van der Waals surface area (Å²) in [6, 6.07) is 27.4. The van der Waals surface area contributed by atoms with Crippen LogP contribution in [0.3, 0.4) is 0 Å². The number of nitrogens with zero attached hydrogens (tertiary/aromatic N) is 2. The topological polar surface area (TPSA) is 148 Å². The number of amides is 1. The number of aliphatic hydroxyl groups is 1. The van der Waals surface area contributed by atoms with E-state index in [2.05, 4.69) is 10.5 Å². The van der Waals surface area contributed by atoms with Gasteiger partial charge < -0.3 is 9.29 Å². The van der Waals surface area contributed by atoms with Crippen LogP contribution in [-0.4, -0.2) is 30.6 Å². The van der Waals surface area contributed by atoms with Crippen molar-refractivity contribution in [1.82, 2.24) is 5.43 Å². The molecule has 0 radical (unpaired) electrons. The number of carbonyl (C=O) groups excluding carboxylic acids is 1. The van der Waals surface area contributed by atoms with Crippen molar-refractivity contribution >= 4 is 27.9 Å². The number of hydrazone groups is 1. The molecule has 1 amide bonds. The molecular formula is C27H21N3O7S. The maximum absolute atomic E-state index is 13.1. The normalized spacial score (nSPS) is 11.7. The lowest BCUT2D eigenvalue weighted by molar-refractivity contribution is -0.387. The Morgan fingerprint density at radius 2 is 1.47 bits per heavy atom. The Hall–Kier alpha value is -4.87. The second kappa shape index (κ2) is 11.0. The van der Waals surface area contributed by atoms with Crippen molar-refractivity contribution in [3.8, 4) is 5.75 Å². The van der Waals surface area contributed by atoms with E-state index in [1.165, 1.54) is 36.5 Å².